The average Bonchev–Trinajstić information content (AvgIpc) is 2.44. The molecule has 4 heteroatoms. The van der Waals surface area contributed by atoms with Gasteiger partial charge in [0.05, 0.1) is 4.90 Å². The lowest BCUT2D eigenvalue weighted by molar-refractivity contribution is 0.304. The van der Waals surface area contributed by atoms with Crippen molar-refractivity contribution in [1.82, 2.24) is 4.90 Å². The van der Waals surface area contributed by atoms with E-state index in [-0.39, 0.29) is 0 Å². The first kappa shape index (κ1) is 15.7. The van der Waals surface area contributed by atoms with Crippen LogP contribution in [0.2, 0.25) is 0 Å². The molecule has 19 heavy (non-hydrogen) atoms. The van der Waals surface area contributed by atoms with Gasteiger partial charge >= 0.3 is 0 Å². The van der Waals surface area contributed by atoms with Crippen molar-refractivity contribution in [1.29, 1.82) is 0 Å². The quantitative estimate of drug-likeness (QED) is 0.720. The van der Waals surface area contributed by atoms with Crippen molar-refractivity contribution in [3.8, 4) is 0 Å². The van der Waals surface area contributed by atoms with E-state index < -0.39 is 15.2 Å². The van der Waals surface area contributed by atoms with E-state index in [1.54, 1.807) is 42.5 Å². The lowest BCUT2D eigenvalue weighted by atomic mass is 10.4. The summed E-state index contributed by atoms with van der Waals surface area (Å²) < 4.78 is 25.3. The molecule has 0 bridgehead atoms. The number of hydrogen-bond donors (Lipinski definition) is 0. The standard InChI is InChI=1S/C15H21NO2S/c1-4-7-13-15(16(5-2)6-3)19(17,18)14-11-9-8-10-12-14/h4,7-13,15H,1,5-6H2,2-3H3. The highest BCUT2D eigenvalue weighted by Crippen LogP contribution is 2.19. The maximum atomic E-state index is 12.7. The van der Waals surface area contributed by atoms with Gasteiger partial charge in [-0.2, -0.15) is 0 Å². The lowest BCUT2D eigenvalue weighted by Crippen LogP contribution is -2.39. The van der Waals surface area contributed by atoms with E-state index in [1.165, 1.54) is 0 Å². The Hall–Kier alpha value is -1.39. The Morgan fingerprint density at radius 2 is 1.79 bits per heavy atom. The molecule has 0 aliphatic carbocycles. The maximum Gasteiger partial charge on any atom is 0.198 e. The second kappa shape index (κ2) is 7.26. The van der Waals surface area contributed by atoms with E-state index in [0.29, 0.717) is 18.0 Å². The molecule has 0 fully saturated rings. The molecule has 0 amide bonds. The number of allylic oxidation sites excluding steroid dienone is 2. The summed E-state index contributed by atoms with van der Waals surface area (Å²) in [6, 6.07) is 8.55. The average molecular weight is 279 g/mol. The van der Waals surface area contributed by atoms with Gasteiger partial charge < -0.3 is 0 Å². The first-order chi connectivity index (χ1) is 9.07. The van der Waals surface area contributed by atoms with Gasteiger partial charge in [0.1, 0.15) is 5.37 Å². The molecule has 1 rings (SSSR count). The van der Waals surface area contributed by atoms with Crippen LogP contribution in [0.3, 0.4) is 0 Å². The Morgan fingerprint density at radius 1 is 1.21 bits per heavy atom. The number of likely N-dealkylation sites (N-methyl/N-ethyl adjacent to an activating group) is 1. The summed E-state index contributed by atoms with van der Waals surface area (Å²) in [6.45, 7) is 8.86. The first-order valence-corrected chi connectivity index (χ1v) is 7.94. The Balaban J connectivity index is 3.23. The van der Waals surface area contributed by atoms with Crippen molar-refractivity contribution in [2.75, 3.05) is 13.1 Å². The molecule has 0 radical (unpaired) electrons. The zero-order chi connectivity index (χ0) is 14.3. The largest absolute Gasteiger partial charge is 0.284 e. The van der Waals surface area contributed by atoms with E-state index in [1.807, 2.05) is 24.8 Å². The van der Waals surface area contributed by atoms with Crippen molar-refractivity contribution in [2.45, 2.75) is 24.1 Å². The van der Waals surface area contributed by atoms with Gasteiger partial charge in [0.2, 0.25) is 0 Å². The summed E-state index contributed by atoms with van der Waals surface area (Å²) >= 11 is 0. The van der Waals surface area contributed by atoms with Crippen molar-refractivity contribution in [3.63, 3.8) is 0 Å². The molecule has 0 spiro atoms. The molecule has 3 nitrogen and oxygen atoms in total. The van der Waals surface area contributed by atoms with E-state index in [9.17, 15) is 8.42 Å². The summed E-state index contributed by atoms with van der Waals surface area (Å²) in [4.78, 5) is 2.25. The molecule has 0 N–H and O–H groups in total. The highest BCUT2D eigenvalue weighted by molar-refractivity contribution is 7.92. The van der Waals surface area contributed by atoms with Gasteiger partial charge in [0, 0.05) is 0 Å². The summed E-state index contributed by atoms with van der Waals surface area (Å²) in [5.74, 6) is 0. The zero-order valence-electron chi connectivity index (χ0n) is 11.5. The predicted molar refractivity (Wildman–Crippen MR) is 79.7 cm³/mol. The highest BCUT2D eigenvalue weighted by Gasteiger charge is 2.28. The molecule has 1 unspecified atom stereocenters. The molecular formula is C15H21NO2S. The van der Waals surface area contributed by atoms with Crippen LogP contribution in [0.4, 0.5) is 0 Å². The van der Waals surface area contributed by atoms with Crippen molar-refractivity contribution < 1.29 is 8.42 Å². The van der Waals surface area contributed by atoms with Crippen molar-refractivity contribution >= 4 is 9.84 Å². The van der Waals surface area contributed by atoms with Gasteiger partial charge in [-0.05, 0) is 25.2 Å². The monoisotopic (exact) mass is 279 g/mol. The topological polar surface area (TPSA) is 37.4 Å². The highest BCUT2D eigenvalue weighted by atomic mass is 32.2. The van der Waals surface area contributed by atoms with Gasteiger partial charge in [-0.3, -0.25) is 4.90 Å². The van der Waals surface area contributed by atoms with E-state index in [0.717, 1.165) is 0 Å². The second-order valence-electron chi connectivity index (χ2n) is 4.09. The minimum absolute atomic E-state index is 0.348. The Kier molecular flexibility index (Phi) is 5.99. The van der Waals surface area contributed by atoms with Crippen LogP contribution in [0.5, 0.6) is 0 Å². The molecule has 0 aliphatic heterocycles. The third-order valence-electron chi connectivity index (χ3n) is 2.97. The number of sulfone groups is 1. The molecule has 1 atom stereocenters. The van der Waals surface area contributed by atoms with Crippen LogP contribution in [0.25, 0.3) is 0 Å². The SMILES string of the molecule is C=CC=CC(N(CC)CC)S(=O)(=O)c1ccccc1. The van der Waals surface area contributed by atoms with Crippen LogP contribution in [0, 0.1) is 0 Å². The summed E-state index contributed by atoms with van der Waals surface area (Å²) in [6.07, 6.45) is 4.96. The smallest absolute Gasteiger partial charge is 0.198 e. The molecule has 1 aromatic carbocycles. The second-order valence-corrected chi connectivity index (χ2v) is 6.13. The molecular weight excluding hydrogens is 258 g/mol. The van der Waals surface area contributed by atoms with Crippen LogP contribution in [-0.4, -0.2) is 31.8 Å². The van der Waals surface area contributed by atoms with Gasteiger partial charge in [0.15, 0.2) is 9.84 Å². The fraction of sp³-hybridized carbons (Fsp3) is 0.333. The minimum Gasteiger partial charge on any atom is -0.284 e. The van der Waals surface area contributed by atoms with Crippen molar-refractivity contribution in [2.24, 2.45) is 0 Å². The fourth-order valence-corrected chi connectivity index (χ4v) is 3.73. The van der Waals surface area contributed by atoms with Crippen LogP contribution in [0.15, 0.2) is 60.0 Å². The Morgan fingerprint density at radius 3 is 2.26 bits per heavy atom. The Labute approximate surface area is 116 Å². The zero-order valence-corrected chi connectivity index (χ0v) is 12.3. The summed E-state index contributed by atoms with van der Waals surface area (Å²) in [5, 5.41) is -0.650. The third-order valence-corrected chi connectivity index (χ3v) is 4.99. The van der Waals surface area contributed by atoms with Crippen LogP contribution in [0.1, 0.15) is 13.8 Å². The van der Waals surface area contributed by atoms with Gasteiger partial charge in [0.25, 0.3) is 0 Å². The summed E-state index contributed by atoms with van der Waals surface area (Å²) in [7, 11) is -3.41. The molecule has 0 aliphatic rings. The first-order valence-electron chi connectivity index (χ1n) is 6.40. The number of benzene rings is 1. The maximum absolute atomic E-state index is 12.7. The molecule has 0 aromatic heterocycles. The summed E-state index contributed by atoms with van der Waals surface area (Å²) in [5.41, 5.74) is 0. The molecule has 0 heterocycles. The molecule has 0 saturated carbocycles. The predicted octanol–water partition coefficient (Wildman–Crippen LogP) is 2.87. The molecule has 0 saturated heterocycles. The number of nitrogens with zero attached hydrogens (tertiary/aromatic N) is 1. The number of rotatable bonds is 7. The molecule has 1 aromatic rings. The van der Waals surface area contributed by atoms with Crippen LogP contribution < -0.4 is 0 Å². The number of hydrogen-bond acceptors (Lipinski definition) is 3. The Bertz CT molecular complexity index is 516. The van der Waals surface area contributed by atoms with Gasteiger partial charge in [-0.1, -0.05) is 56.9 Å². The fourth-order valence-electron chi connectivity index (χ4n) is 1.93. The van der Waals surface area contributed by atoms with Crippen molar-refractivity contribution in [3.05, 3.63) is 55.1 Å². The lowest BCUT2D eigenvalue weighted by Gasteiger charge is -2.26. The molecule has 104 valence electrons. The normalized spacial score (nSPS) is 13.8. The van der Waals surface area contributed by atoms with Gasteiger partial charge in [-0.25, -0.2) is 8.42 Å². The third kappa shape index (κ3) is 3.78. The van der Waals surface area contributed by atoms with Gasteiger partial charge in [-0.15, -0.1) is 0 Å². The van der Waals surface area contributed by atoms with E-state index in [2.05, 4.69) is 6.58 Å². The van der Waals surface area contributed by atoms with Crippen LogP contribution >= 0.6 is 0 Å². The minimum atomic E-state index is -3.41. The van der Waals surface area contributed by atoms with E-state index in [4.69, 9.17) is 0 Å². The van der Waals surface area contributed by atoms with E-state index >= 15 is 0 Å². The van der Waals surface area contributed by atoms with Crippen LogP contribution in [-0.2, 0) is 9.84 Å².